The van der Waals surface area contributed by atoms with Gasteiger partial charge in [0, 0.05) is 37.4 Å². The molecule has 1 aromatic carbocycles. The number of rotatable bonds is 4. The highest BCUT2D eigenvalue weighted by atomic mass is 16.7. The Kier molecular flexibility index (Phi) is 5.04. The van der Waals surface area contributed by atoms with E-state index < -0.39 is 0 Å². The van der Waals surface area contributed by atoms with Gasteiger partial charge in [0.2, 0.25) is 5.91 Å². The van der Waals surface area contributed by atoms with Crippen molar-refractivity contribution >= 4 is 11.6 Å². The molecule has 3 rings (SSSR count). The van der Waals surface area contributed by atoms with Gasteiger partial charge in [-0.25, -0.2) is 0 Å². The van der Waals surface area contributed by atoms with Crippen LogP contribution < -0.4 is 5.32 Å². The van der Waals surface area contributed by atoms with E-state index in [1.54, 1.807) is 0 Å². The fraction of sp³-hybridized carbons (Fsp3) is 0.562. The molecule has 6 heteroatoms. The molecule has 2 fully saturated rings. The van der Waals surface area contributed by atoms with Crippen molar-refractivity contribution in [3.8, 4) is 0 Å². The fourth-order valence-electron chi connectivity index (χ4n) is 2.68. The van der Waals surface area contributed by atoms with E-state index in [1.165, 1.54) is 0 Å². The predicted molar refractivity (Wildman–Crippen MR) is 83.7 cm³/mol. The topological polar surface area (TPSA) is 54.0 Å². The summed E-state index contributed by atoms with van der Waals surface area (Å²) in [6.07, 6.45) is -0.268. The van der Waals surface area contributed by atoms with Crippen LogP contribution in [0.15, 0.2) is 24.3 Å². The number of amides is 1. The van der Waals surface area contributed by atoms with Crippen LogP contribution in [0.1, 0.15) is 11.9 Å². The predicted octanol–water partition coefficient (Wildman–Crippen LogP) is 0.918. The molecule has 0 saturated carbocycles. The Morgan fingerprint density at radius 3 is 2.41 bits per heavy atom. The van der Waals surface area contributed by atoms with Gasteiger partial charge in [-0.05, 0) is 19.2 Å². The summed E-state index contributed by atoms with van der Waals surface area (Å²) in [7, 11) is 2.11. The second kappa shape index (κ2) is 7.19. The standard InChI is InChI=1S/C16H23N3O3/c1-18-6-8-19(9-7-18)12-15(20)17-14-4-2-13(3-5-14)16-21-10-11-22-16/h2-5,16H,6-12H2,1H3,(H,17,20). The smallest absolute Gasteiger partial charge is 0.238 e. The zero-order chi connectivity index (χ0) is 15.4. The van der Waals surface area contributed by atoms with Gasteiger partial charge in [0.25, 0.3) is 0 Å². The molecule has 0 aromatic heterocycles. The number of benzene rings is 1. The first-order chi connectivity index (χ1) is 10.7. The number of anilines is 1. The number of piperazine rings is 1. The van der Waals surface area contributed by atoms with Crippen molar-refractivity contribution in [1.29, 1.82) is 0 Å². The van der Waals surface area contributed by atoms with E-state index in [9.17, 15) is 4.79 Å². The highest BCUT2D eigenvalue weighted by molar-refractivity contribution is 5.92. The summed E-state index contributed by atoms with van der Waals surface area (Å²) in [4.78, 5) is 16.6. The van der Waals surface area contributed by atoms with E-state index in [0.29, 0.717) is 19.8 Å². The number of nitrogens with one attached hydrogen (secondary N) is 1. The average molecular weight is 305 g/mol. The van der Waals surface area contributed by atoms with Gasteiger partial charge in [0.05, 0.1) is 19.8 Å². The van der Waals surface area contributed by atoms with E-state index >= 15 is 0 Å². The van der Waals surface area contributed by atoms with Crippen LogP contribution in [-0.4, -0.2) is 68.7 Å². The maximum atomic E-state index is 12.1. The molecule has 2 aliphatic rings. The summed E-state index contributed by atoms with van der Waals surface area (Å²) in [5, 5.41) is 2.94. The van der Waals surface area contributed by atoms with Gasteiger partial charge >= 0.3 is 0 Å². The molecule has 2 aliphatic heterocycles. The van der Waals surface area contributed by atoms with E-state index in [1.807, 2.05) is 24.3 Å². The lowest BCUT2D eigenvalue weighted by Crippen LogP contribution is -2.47. The minimum absolute atomic E-state index is 0.0330. The molecule has 0 atom stereocenters. The quantitative estimate of drug-likeness (QED) is 0.896. The largest absolute Gasteiger partial charge is 0.346 e. The minimum atomic E-state index is -0.268. The second-order valence-electron chi connectivity index (χ2n) is 5.82. The molecule has 2 saturated heterocycles. The number of hydrogen-bond donors (Lipinski definition) is 1. The number of carbonyl (C=O) groups excluding carboxylic acids is 1. The molecule has 0 spiro atoms. The molecule has 6 nitrogen and oxygen atoms in total. The molecule has 0 aliphatic carbocycles. The average Bonchev–Trinajstić information content (AvgIpc) is 3.05. The van der Waals surface area contributed by atoms with Crippen molar-refractivity contribution in [2.45, 2.75) is 6.29 Å². The number of likely N-dealkylation sites (N-methyl/N-ethyl adjacent to an activating group) is 1. The molecule has 1 N–H and O–H groups in total. The van der Waals surface area contributed by atoms with Gasteiger partial charge in [-0.2, -0.15) is 0 Å². The van der Waals surface area contributed by atoms with Gasteiger partial charge in [-0.1, -0.05) is 12.1 Å². The zero-order valence-electron chi connectivity index (χ0n) is 13.0. The molecule has 120 valence electrons. The Hall–Kier alpha value is -1.47. The first-order valence-corrected chi connectivity index (χ1v) is 7.74. The lowest BCUT2D eigenvalue weighted by atomic mass is 10.2. The van der Waals surface area contributed by atoms with Gasteiger partial charge < -0.3 is 19.7 Å². The summed E-state index contributed by atoms with van der Waals surface area (Å²) in [6, 6.07) is 7.65. The SMILES string of the molecule is CN1CCN(CC(=O)Nc2ccc(C3OCCO3)cc2)CC1. The van der Waals surface area contributed by atoms with Crippen LogP contribution in [0.2, 0.25) is 0 Å². The van der Waals surface area contributed by atoms with E-state index in [2.05, 4.69) is 22.2 Å². The van der Waals surface area contributed by atoms with Crippen molar-refractivity contribution in [2.75, 3.05) is 58.3 Å². The van der Waals surface area contributed by atoms with Gasteiger partial charge in [-0.3, -0.25) is 9.69 Å². The molecule has 0 radical (unpaired) electrons. The molecule has 1 aromatic rings. The molecular weight excluding hydrogens is 282 g/mol. The molecule has 22 heavy (non-hydrogen) atoms. The summed E-state index contributed by atoms with van der Waals surface area (Å²) in [5.41, 5.74) is 1.79. The summed E-state index contributed by atoms with van der Waals surface area (Å²) in [6.45, 7) is 5.64. The Balaban J connectivity index is 1.48. The molecular formula is C16H23N3O3. The van der Waals surface area contributed by atoms with E-state index in [4.69, 9.17) is 9.47 Å². The van der Waals surface area contributed by atoms with Crippen molar-refractivity contribution in [2.24, 2.45) is 0 Å². The highest BCUT2D eigenvalue weighted by Gasteiger charge is 2.19. The molecule has 1 amide bonds. The van der Waals surface area contributed by atoms with Crippen LogP contribution in [0.5, 0.6) is 0 Å². The van der Waals surface area contributed by atoms with E-state index in [-0.39, 0.29) is 12.2 Å². The first-order valence-electron chi connectivity index (χ1n) is 7.74. The monoisotopic (exact) mass is 305 g/mol. The maximum Gasteiger partial charge on any atom is 0.238 e. The Labute approximate surface area is 131 Å². The lowest BCUT2D eigenvalue weighted by molar-refractivity contribution is -0.117. The minimum Gasteiger partial charge on any atom is -0.346 e. The first kappa shape index (κ1) is 15.4. The van der Waals surface area contributed by atoms with E-state index in [0.717, 1.165) is 37.4 Å². The van der Waals surface area contributed by atoms with Crippen molar-refractivity contribution in [3.63, 3.8) is 0 Å². The van der Waals surface area contributed by atoms with Crippen LogP contribution in [0.4, 0.5) is 5.69 Å². The lowest BCUT2D eigenvalue weighted by Gasteiger charge is -2.31. The third kappa shape index (κ3) is 4.04. The Bertz CT molecular complexity index is 492. The summed E-state index contributed by atoms with van der Waals surface area (Å²) < 4.78 is 10.9. The zero-order valence-corrected chi connectivity index (χ0v) is 13.0. The van der Waals surface area contributed by atoms with Crippen LogP contribution in [0.25, 0.3) is 0 Å². The van der Waals surface area contributed by atoms with Crippen LogP contribution in [0, 0.1) is 0 Å². The van der Waals surface area contributed by atoms with Crippen LogP contribution in [0.3, 0.4) is 0 Å². The number of ether oxygens (including phenoxy) is 2. The van der Waals surface area contributed by atoms with Crippen molar-refractivity contribution in [1.82, 2.24) is 9.80 Å². The number of hydrogen-bond acceptors (Lipinski definition) is 5. The van der Waals surface area contributed by atoms with Crippen LogP contribution >= 0.6 is 0 Å². The van der Waals surface area contributed by atoms with Gasteiger partial charge in [-0.15, -0.1) is 0 Å². The molecule has 0 bridgehead atoms. The van der Waals surface area contributed by atoms with Crippen LogP contribution in [-0.2, 0) is 14.3 Å². The van der Waals surface area contributed by atoms with Crippen molar-refractivity contribution in [3.05, 3.63) is 29.8 Å². The summed E-state index contributed by atoms with van der Waals surface area (Å²) >= 11 is 0. The molecule has 2 heterocycles. The van der Waals surface area contributed by atoms with Gasteiger partial charge in [0.1, 0.15) is 0 Å². The van der Waals surface area contributed by atoms with Crippen molar-refractivity contribution < 1.29 is 14.3 Å². The Morgan fingerprint density at radius 2 is 1.77 bits per heavy atom. The normalized spacial score (nSPS) is 21.1. The third-order valence-corrected chi connectivity index (χ3v) is 4.05. The summed E-state index contributed by atoms with van der Waals surface area (Å²) in [5.74, 6) is 0.0330. The number of nitrogens with zero attached hydrogens (tertiary/aromatic N) is 2. The Morgan fingerprint density at radius 1 is 1.14 bits per heavy atom. The third-order valence-electron chi connectivity index (χ3n) is 4.05. The highest BCUT2D eigenvalue weighted by Crippen LogP contribution is 2.24. The second-order valence-corrected chi connectivity index (χ2v) is 5.82. The number of carbonyl (C=O) groups is 1. The fourth-order valence-corrected chi connectivity index (χ4v) is 2.68. The molecule has 0 unspecified atom stereocenters. The maximum absolute atomic E-state index is 12.1. The van der Waals surface area contributed by atoms with Gasteiger partial charge in [0.15, 0.2) is 6.29 Å².